The largest absolute Gasteiger partial charge is 0.463 e. The summed E-state index contributed by atoms with van der Waals surface area (Å²) in [7, 11) is 0. The number of esters is 2. The van der Waals surface area contributed by atoms with Crippen LogP contribution in [-0.2, 0) is 23.8 Å². The zero-order valence-electron chi connectivity index (χ0n) is 10.6. The van der Waals surface area contributed by atoms with Gasteiger partial charge < -0.3 is 14.2 Å². The third-order valence-electron chi connectivity index (χ3n) is 2.53. The highest BCUT2D eigenvalue weighted by Gasteiger charge is 2.55. The Bertz CT molecular complexity index is 327. The molecule has 1 rings (SSSR count). The maximum Gasteiger partial charge on any atom is 0.354 e. The van der Waals surface area contributed by atoms with Crippen molar-refractivity contribution in [3.8, 4) is 0 Å². The van der Waals surface area contributed by atoms with Gasteiger partial charge in [-0.15, -0.1) is 0 Å². The lowest BCUT2D eigenvalue weighted by Gasteiger charge is -2.26. The molecule has 0 spiro atoms. The highest BCUT2D eigenvalue weighted by Crippen LogP contribution is 2.33. The van der Waals surface area contributed by atoms with Gasteiger partial charge in [-0.2, -0.15) is 0 Å². The molecule has 0 saturated heterocycles. The molecule has 1 aliphatic rings. The quantitative estimate of drug-likeness (QED) is 0.421. The molecule has 0 saturated carbocycles. The third kappa shape index (κ3) is 2.34. The maximum atomic E-state index is 12.0. The Kier molecular flexibility index (Phi) is 4.28. The molecule has 0 amide bonds. The van der Waals surface area contributed by atoms with Gasteiger partial charge in [-0.3, -0.25) is 0 Å². The highest BCUT2D eigenvalue weighted by molar-refractivity contribution is 6.07. The molecule has 0 aliphatic carbocycles. The predicted octanol–water partition coefficient (Wildman–Crippen LogP) is 1.22. The van der Waals surface area contributed by atoms with Crippen LogP contribution in [0.1, 0.15) is 27.7 Å². The van der Waals surface area contributed by atoms with Crippen molar-refractivity contribution in [2.75, 3.05) is 13.2 Å². The van der Waals surface area contributed by atoms with Crippen molar-refractivity contribution >= 4 is 11.9 Å². The van der Waals surface area contributed by atoms with E-state index in [1.165, 1.54) is 0 Å². The van der Waals surface area contributed by atoms with Crippen LogP contribution in [0.3, 0.4) is 0 Å². The van der Waals surface area contributed by atoms with Crippen molar-refractivity contribution in [3.05, 3.63) is 11.6 Å². The van der Waals surface area contributed by atoms with Crippen molar-refractivity contribution in [2.45, 2.75) is 39.4 Å². The SMILES string of the molecule is CCOC(=O)C1(C(=O)OCC)OC(C)C=C1C. The van der Waals surface area contributed by atoms with E-state index in [9.17, 15) is 9.59 Å². The zero-order chi connectivity index (χ0) is 13.1. The number of hydrogen-bond acceptors (Lipinski definition) is 5. The van der Waals surface area contributed by atoms with Crippen LogP contribution in [0.4, 0.5) is 0 Å². The first kappa shape index (κ1) is 13.7. The van der Waals surface area contributed by atoms with Crippen LogP contribution in [0.2, 0.25) is 0 Å². The van der Waals surface area contributed by atoms with Crippen molar-refractivity contribution in [2.24, 2.45) is 0 Å². The first-order valence-electron chi connectivity index (χ1n) is 5.70. The first-order valence-corrected chi connectivity index (χ1v) is 5.70. The van der Waals surface area contributed by atoms with E-state index >= 15 is 0 Å². The van der Waals surface area contributed by atoms with Gasteiger partial charge in [0.25, 0.3) is 5.60 Å². The first-order chi connectivity index (χ1) is 7.98. The summed E-state index contributed by atoms with van der Waals surface area (Å²) in [6, 6.07) is 0. The molecule has 0 fully saturated rings. The van der Waals surface area contributed by atoms with E-state index < -0.39 is 17.5 Å². The molecule has 0 N–H and O–H groups in total. The van der Waals surface area contributed by atoms with Gasteiger partial charge in [0, 0.05) is 0 Å². The zero-order valence-corrected chi connectivity index (χ0v) is 10.6. The summed E-state index contributed by atoms with van der Waals surface area (Å²) in [6.45, 7) is 7.14. The van der Waals surface area contributed by atoms with Crippen LogP contribution in [0.15, 0.2) is 11.6 Å². The van der Waals surface area contributed by atoms with Crippen molar-refractivity contribution < 1.29 is 23.8 Å². The van der Waals surface area contributed by atoms with Crippen molar-refractivity contribution in [3.63, 3.8) is 0 Å². The third-order valence-corrected chi connectivity index (χ3v) is 2.53. The fourth-order valence-corrected chi connectivity index (χ4v) is 1.84. The van der Waals surface area contributed by atoms with E-state index in [0.29, 0.717) is 5.57 Å². The summed E-state index contributed by atoms with van der Waals surface area (Å²) in [5.41, 5.74) is -1.20. The van der Waals surface area contributed by atoms with E-state index in [1.54, 1.807) is 33.8 Å². The summed E-state index contributed by atoms with van der Waals surface area (Å²) in [5, 5.41) is 0. The lowest BCUT2D eigenvalue weighted by Crippen LogP contribution is -2.50. The van der Waals surface area contributed by atoms with Crippen LogP contribution in [0.25, 0.3) is 0 Å². The molecule has 5 nitrogen and oxygen atoms in total. The number of ether oxygens (including phenoxy) is 3. The summed E-state index contributed by atoms with van der Waals surface area (Å²) < 4.78 is 15.3. The molecule has 1 aliphatic heterocycles. The standard InChI is InChI=1S/C12H18O5/c1-5-15-10(13)12(11(14)16-6-2)8(3)7-9(4)17-12/h7,9H,5-6H2,1-4H3. The Labute approximate surface area is 101 Å². The molecule has 17 heavy (non-hydrogen) atoms. The molecule has 0 aromatic rings. The second kappa shape index (κ2) is 5.31. The summed E-state index contributed by atoms with van der Waals surface area (Å²) in [6.07, 6.45) is 1.40. The Morgan fingerprint density at radius 2 is 1.76 bits per heavy atom. The molecular formula is C12H18O5. The minimum atomic E-state index is -1.72. The molecule has 1 atom stereocenters. The normalized spacial score (nSPS) is 21.9. The molecule has 1 unspecified atom stereocenters. The van der Waals surface area contributed by atoms with Gasteiger partial charge in [0.15, 0.2) is 0 Å². The number of rotatable bonds is 4. The summed E-state index contributed by atoms with van der Waals surface area (Å²) >= 11 is 0. The lowest BCUT2D eigenvalue weighted by molar-refractivity contribution is -0.185. The average molecular weight is 242 g/mol. The fraction of sp³-hybridized carbons (Fsp3) is 0.667. The van der Waals surface area contributed by atoms with Crippen LogP contribution < -0.4 is 0 Å². The topological polar surface area (TPSA) is 61.8 Å². The number of carbonyl (C=O) groups excluding carboxylic acids is 2. The Morgan fingerprint density at radius 1 is 1.29 bits per heavy atom. The Morgan fingerprint density at radius 3 is 2.06 bits per heavy atom. The second-order valence-corrected chi connectivity index (χ2v) is 3.79. The van der Waals surface area contributed by atoms with Crippen LogP contribution >= 0.6 is 0 Å². The van der Waals surface area contributed by atoms with Crippen molar-refractivity contribution in [1.82, 2.24) is 0 Å². The molecule has 0 bridgehead atoms. The highest BCUT2D eigenvalue weighted by atomic mass is 16.6. The molecule has 96 valence electrons. The second-order valence-electron chi connectivity index (χ2n) is 3.79. The fourth-order valence-electron chi connectivity index (χ4n) is 1.84. The maximum absolute atomic E-state index is 12.0. The van der Waals surface area contributed by atoms with Crippen molar-refractivity contribution in [1.29, 1.82) is 0 Å². The number of hydrogen-bond donors (Lipinski definition) is 0. The van der Waals surface area contributed by atoms with E-state index in [-0.39, 0.29) is 19.3 Å². The Hall–Kier alpha value is -1.36. The van der Waals surface area contributed by atoms with E-state index in [1.807, 2.05) is 0 Å². The van der Waals surface area contributed by atoms with Crippen LogP contribution in [-0.4, -0.2) is 36.9 Å². The molecule has 5 heteroatoms. The van der Waals surface area contributed by atoms with E-state index in [2.05, 4.69) is 0 Å². The average Bonchev–Trinajstić information content (AvgIpc) is 2.55. The van der Waals surface area contributed by atoms with Gasteiger partial charge in [0.2, 0.25) is 0 Å². The van der Waals surface area contributed by atoms with Gasteiger partial charge in [-0.25, -0.2) is 9.59 Å². The Balaban J connectivity index is 3.06. The smallest absolute Gasteiger partial charge is 0.354 e. The van der Waals surface area contributed by atoms with Gasteiger partial charge in [-0.05, 0) is 33.3 Å². The van der Waals surface area contributed by atoms with E-state index in [0.717, 1.165) is 0 Å². The summed E-state index contributed by atoms with van der Waals surface area (Å²) in [5.74, 6) is -1.42. The minimum absolute atomic E-state index is 0.186. The van der Waals surface area contributed by atoms with Crippen LogP contribution in [0, 0.1) is 0 Å². The molecule has 0 aromatic carbocycles. The molecule has 0 aromatic heterocycles. The molecule has 1 heterocycles. The number of carbonyl (C=O) groups is 2. The molecule has 0 radical (unpaired) electrons. The van der Waals surface area contributed by atoms with Gasteiger partial charge in [-0.1, -0.05) is 6.08 Å². The minimum Gasteiger partial charge on any atom is -0.463 e. The summed E-state index contributed by atoms with van der Waals surface area (Å²) in [4.78, 5) is 23.9. The monoisotopic (exact) mass is 242 g/mol. The van der Waals surface area contributed by atoms with E-state index in [4.69, 9.17) is 14.2 Å². The predicted molar refractivity (Wildman–Crippen MR) is 60.3 cm³/mol. The van der Waals surface area contributed by atoms with Gasteiger partial charge in [0.1, 0.15) is 0 Å². The van der Waals surface area contributed by atoms with Gasteiger partial charge in [0.05, 0.1) is 19.3 Å². The van der Waals surface area contributed by atoms with Gasteiger partial charge >= 0.3 is 11.9 Å². The molecular weight excluding hydrogens is 224 g/mol. The van der Waals surface area contributed by atoms with Crippen LogP contribution in [0.5, 0.6) is 0 Å². The lowest BCUT2D eigenvalue weighted by atomic mass is 9.96.